The lowest BCUT2D eigenvalue weighted by atomic mass is 10.2. The van der Waals surface area contributed by atoms with Crippen LogP contribution in [0.4, 0.5) is 0 Å². The monoisotopic (exact) mass is 276 g/mol. The molecule has 106 valence electrons. The average molecular weight is 276 g/mol. The van der Waals surface area contributed by atoms with Crippen molar-refractivity contribution in [3.63, 3.8) is 0 Å². The number of carbonyl (C=O) groups excluding carboxylic acids is 2. The van der Waals surface area contributed by atoms with E-state index in [0.717, 1.165) is 6.08 Å². The van der Waals surface area contributed by atoms with Gasteiger partial charge in [-0.15, -0.1) is 0 Å². The highest BCUT2D eigenvalue weighted by Gasteiger charge is 2.13. The van der Waals surface area contributed by atoms with Gasteiger partial charge in [-0.1, -0.05) is 24.8 Å². The second-order valence-electron chi connectivity index (χ2n) is 3.86. The maximum Gasteiger partial charge on any atom is 0.337 e. The van der Waals surface area contributed by atoms with Crippen molar-refractivity contribution in [1.82, 2.24) is 0 Å². The summed E-state index contributed by atoms with van der Waals surface area (Å²) in [5, 5.41) is 0. The van der Waals surface area contributed by atoms with E-state index < -0.39 is 11.8 Å². The van der Waals surface area contributed by atoms with Crippen LogP contribution in [-0.2, 0) is 19.1 Å². The molecule has 0 aliphatic heterocycles. The molecule has 20 heavy (non-hydrogen) atoms. The van der Waals surface area contributed by atoms with Crippen molar-refractivity contribution in [2.45, 2.75) is 6.92 Å². The second kappa shape index (κ2) is 7.78. The van der Waals surface area contributed by atoms with Gasteiger partial charge in [0.2, 0.25) is 12.6 Å². The molecule has 0 unspecified atom stereocenters. The van der Waals surface area contributed by atoms with Gasteiger partial charge in [-0.25, -0.2) is 4.79 Å². The first-order chi connectivity index (χ1) is 9.54. The van der Waals surface area contributed by atoms with Crippen LogP contribution in [0.2, 0.25) is 0 Å². The van der Waals surface area contributed by atoms with Gasteiger partial charge in [0.25, 0.3) is 0 Å². The predicted octanol–water partition coefficient (Wildman–Crippen LogP) is 2.24. The van der Waals surface area contributed by atoms with Gasteiger partial charge in [-0.3, -0.25) is 4.79 Å². The molecule has 1 aromatic rings. The number of Topliss-reactive ketones (excluding diaryl/α,β-unsaturated/α-hetero) is 1. The molecule has 0 N–H and O–H groups in total. The SMILES string of the molecule is C=C(C)C(=O)C(=CC(=O)OCOc1ccccc1)OC. The Hall–Kier alpha value is -2.56. The number of allylic oxidation sites excluding steroid dienone is 1. The maximum atomic E-state index is 11.6. The highest BCUT2D eigenvalue weighted by Crippen LogP contribution is 2.08. The Morgan fingerprint density at radius 3 is 2.45 bits per heavy atom. The smallest absolute Gasteiger partial charge is 0.337 e. The first-order valence-corrected chi connectivity index (χ1v) is 5.85. The molecule has 0 aromatic heterocycles. The molecule has 0 saturated carbocycles. The zero-order valence-electron chi connectivity index (χ0n) is 11.4. The summed E-state index contributed by atoms with van der Waals surface area (Å²) in [7, 11) is 1.29. The van der Waals surface area contributed by atoms with Crippen LogP contribution in [0.1, 0.15) is 6.92 Å². The Morgan fingerprint density at radius 1 is 1.25 bits per heavy atom. The number of esters is 1. The van der Waals surface area contributed by atoms with E-state index in [1.807, 2.05) is 6.07 Å². The van der Waals surface area contributed by atoms with Crippen LogP contribution < -0.4 is 4.74 Å². The highest BCUT2D eigenvalue weighted by molar-refractivity contribution is 6.08. The number of hydrogen-bond acceptors (Lipinski definition) is 5. The Kier molecular flexibility index (Phi) is 6.03. The lowest BCUT2D eigenvalue weighted by molar-refractivity contribution is -0.144. The Morgan fingerprint density at radius 2 is 1.90 bits per heavy atom. The standard InChI is InChI=1S/C15H16O5/c1-11(2)15(17)13(18-3)9-14(16)20-10-19-12-7-5-4-6-8-12/h4-9H,1,10H2,2-3H3. The summed E-state index contributed by atoms with van der Waals surface area (Å²) in [5.41, 5.74) is 0.270. The molecule has 0 heterocycles. The minimum Gasteiger partial charge on any atom is -0.492 e. The van der Waals surface area contributed by atoms with Gasteiger partial charge in [0.05, 0.1) is 13.2 Å². The fraction of sp³-hybridized carbons (Fsp3) is 0.200. The molecule has 0 saturated heterocycles. The summed E-state index contributed by atoms with van der Waals surface area (Å²) in [6.07, 6.45) is 0.964. The molecule has 0 atom stereocenters. The van der Waals surface area contributed by atoms with Crippen LogP contribution >= 0.6 is 0 Å². The molecule has 0 fully saturated rings. The molecular weight excluding hydrogens is 260 g/mol. The Labute approximate surface area is 117 Å². The van der Waals surface area contributed by atoms with Crippen LogP contribution in [0, 0.1) is 0 Å². The molecule has 5 nitrogen and oxygen atoms in total. The largest absolute Gasteiger partial charge is 0.492 e. The summed E-state index contributed by atoms with van der Waals surface area (Å²) < 4.78 is 14.8. The molecule has 5 heteroatoms. The maximum absolute atomic E-state index is 11.6. The number of para-hydroxylation sites is 1. The third-order valence-electron chi connectivity index (χ3n) is 2.25. The Bertz CT molecular complexity index is 516. The van der Waals surface area contributed by atoms with E-state index >= 15 is 0 Å². The van der Waals surface area contributed by atoms with Crippen LogP contribution in [-0.4, -0.2) is 25.7 Å². The molecule has 0 aliphatic rings. The molecular formula is C15H16O5. The quantitative estimate of drug-likeness (QED) is 0.331. The number of ether oxygens (including phenoxy) is 3. The normalized spacial score (nSPS) is 10.6. The van der Waals surface area contributed by atoms with Gasteiger partial charge >= 0.3 is 5.97 Å². The summed E-state index contributed by atoms with van der Waals surface area (Å²) >= 11 is 0. The van der Waals surface area contributed by atoms with Crippen LogP contribution in [0.25, 0.3) is 0 Å². The summed E-state index contributed by atoms with van der Waals surface area (Å²) in [5.74, 6) is -0.725. The van der Waals surface area contributed by atoms with Crippen molar-refractivity contribution in [2.75, 3.05) is 13.9 Å². The molecule has 1 aromatic carbocycles. The zero-order valence-corrected chi connectivity index (χ0v) is 11.4. The zero-order chi connectivity index (χ0) is 15.0. The molecule has 0 amide bonds. The second-order valence-corrected chi connectivity index (χ2v) is 3.86. The van der Waals surface area contributed by atoms with Crippen molar-refractivity contribution in [3.8, 4) is 5.75 Å². The minimum atomic E-state index is -0.729. The number of hydrogen-bond donors (Lipinski definition) is 0. The van der Waals surface area contributed by atoms with Crippen LogP contribution in [0.3, 0.4) is 0 Å². The van der Waals surface area contributed by atoms with E-state index in [1.54, 1.807) is 24.3 Å². The van der Waals surface area contributed by atoms with Gasteiger partial charge in [-0.05, 0) is 24.6 Å². The van der Waals surface area contributed by atoms with Crippen molar-refractivity contribution in [2.24, 2.45) is 0 Å². The van der Waals surface area contributed by atoms with Gasteiger partial charge in [0, 0.05) is 0 Å². The fourth-order valence-electron chi connectivity index (χ4n) is 1.25. The lowest BCUT2D eigenvalue weighted by Crippen LogP contribution is -2.12. The first kappa shape index (κ1) is 15.5. The molecule has 1 rings (SSSR count). The fourth-order valence-corrected chi connectivity index (χ4v) is 1.25. The third-order valence-corrected chi connectivity index (χ3v) is 2.25. The minimum absolute atomic E-state index is 0.123. The van der Waals surface area contributed by atoms with Gasteiger partial charge < -0.3 is 14.2 Å². The summed E-state index contributed by atoms with van der Waals surface area (Å²) in [4.78, 5) is 23.1. The molecule has 0 radical (unpaired) electrons. The predicted molar refractivity (Wildman–Crippen MR) is 72.9 cm³/mol. The molecule has 0 spiro atoms. The van der Waals surface area contributed by atoms with Crippen LogP contribution in [0.5, 0.6) is 5.75 Å². The van der Waals surface area contributed by atoms with E-state index in [4.69, 9.17) is 14.2 Å². The van der Waals surface area contributed by atoms with Gasteiger partial charge in [0.15, 0.2) is 5.76 Å². The lowest BCUT2D eigenvalue weighted by Gasteiger charge is -2.07. The summed E-state index contributed by atoms with van der Waals surface area (Å²) in [6.45, 7) is 4.76. The van der Waals surface area contributed by atoms with E-state index in [1.165, 1.54) is 14.0 Å². The summed E-state index contributed by atoms with van der Waals surface area (Å²) in [6, 6.07) is 8.90. The van der Waals surface area contributed by atoms with Crippen molar-refractivity contribution in [1.29, 1.82) is 0 Å². The number of ketones is 1. The highest BCUT2D eigenvalue weighted by atomic mass is 16.7. The van der Waals surface area contributed by atoms with E-state index in [2.05, 4.69) is 6.58 Å². The number of carbonyl (C=O) groups is 2. The number of methoxy groups -OCH3 is 1. The van der Waals surface area contributed by atoms with E-state index in [-0.39, 0.29) is 18.1 Å². The Balaban J connectivity index is 2.50. The van der Waals surface area contributed by atoms with Gasteiger partial charge in [-0.2, -0.15) is 0 Å². The van der Waals surface area contributed by atoms with E-state index in [0.29, 0.717) is 5.75 Å². The third kappa shape index (κ3) is 4.97. The topological polar surface area (TPSA) is 61.8 Å². The number of rotatable bonds is 7. The average Bonchev–Trinajstić information content (AvgIpc) is 2.45. The van der Waals surface area contributed by atoms with E-state index in [9.17, 15) is 9.59 Å². The molecule has 0 aliphatic carbocycles. The number of benzene rings is 1. The molecule has 0 bridgehead atoms. The van der Waals surface area contributed by atoms with Crippen molar-refractivity contribution >= 4 is 11.8 Å². The van der Waals surface area contributed by atoms with Crippen molar-refractivity contribution < 1.29 is 23.8 Å². The van der Waals surface area contributed by atoms with Crippen LogP contribution in [0.15, 0.2) is 54.3 Å². The van der Waals surface area contributed by atoms with Crippen molar-refractivity contribution in [3.05, 3.63) is 54.3 Å². The first-order valence-electron chi connectivity index (χ1n) is 5.85. The van der Waals surface area contributed by atoms with Gasteiger partial charge in [0.1, 0.15) is 5.75 Å².